The van der Waals surface area contributed by atoms with Crippen molar-refractivity contribution in [3.05, 3.63) is 16.1 Å². The Balaban J connectivity index is 2.37. The van der Waals surface area contributed by atoms with E-state index in [2.05, 4.69) is 50.3 Å². The average molecular weight is 283 g/mol. The van der Waals surface area contributed by atoms with E-state index in [9.17, 15) is 0 Å². The van der Waals surface area contributed by atoms with Crippen LogP contribution in [-0.4, -0.2) is 29.5 Å². The highest BCUT2D eigenvalue weighted by atomic mass is 32.1. The molecular formula is C15H29N3S. The minimum atomic E-state index is 0.634. The Kier molecular flexibility index (Phi) is 7.57. The van der Waals surface area contributed by atoms with Crippen molar-refractivity contribution in [1.29, 1.82) is 0 Å². The molecule has 1 aromatic heterocycles. The largest absolute Gasteiger partial charge is 0.310 e. The molecule has 110 valence electrons. The van der Waals surface area contributed by atoms with Crippen LogP contribution >= 0.6 is 11.3 Å². The normalized spacial score (nSPS) is 13.4. The van der Waals surface area contributed by atoms with Gasteiger partial charge in [0.15, 0.2) is 0 Å². The van der Waals surface area contributed by atoms with E-state index in [-0.39, 0.29) is 0 Å². The zero-order valence-corrected chi connectivity index (χ0v) is 13.9. The standard InChI is InChI=1S/C15H29N3S/c1-6-7-13(4)18(5)10-14-11-19-15(17-14)9-16-8-12(2)3/h11-13,16H,6-10H2,1-5H3. The van der Waals surface area contributed by atoms with Gasteiger partial charge in [-0.3, -0.25) is 4.90 Å². The van der Waals surface area contributed by atoms with E-state index in [1.807, 2.05) is 0 Å². The summed E-state index contributed by atoms with van der Waals surface area (Å²) in [5, 5.41) is 6.84. The van der Waals surface area contributed by atoms with Crippen molar-refractivity contribution in [2.24, 2.45) is 5.92 Å². The summed E-state index contributed by atoms with van der Waals surface area (Å²) in [7, 11) is 2.19. The van der Waals surface area contributed by atoms with Crippen LogP contribution in [0.25, 0.3) is 0 Å². The van der Waals surface area contributed by atoms with Gasteiger partial charge in [0.1, 0.15) is 5.01 Å². The van der Waals surface area contributed by atoms with Crippen LogP contribution in [0.1, 0.15) is 51.2 Å². The highest BCUT2D eigenvalue weighted by molar-refractivity contribution is 7.09. The number of thiazole rings is 1. The fourth-order valence-corrected chi connectivity index (χ4v) is 2.77. The first-order valence-electron chi connectivity index (χ1n) is 7.37. The molecule has 0 spiro atoms. The van der Waals surface area contributed by atoms with Crippen molar-refractivity contribution >= 4 is 11.3 Å². The summed E-state index contributed by atoms with van der Waals surface area (Å²) in [5.74, 6) is 0.695. The van der Waals surface area contributed by atoms with E-state index in [0.29, 0.717) is 12.0 Å². The molecule has 0 aliphatic heterocycles. The molecule has 1 rings (SSSR count). The molecule has 3 nitrogen and oxygen atoms in total. The van der Waals surface area contributed by atoms with Crippen molar-refractivity contribution in [2.45, 2.75) is 59.7 Å². The summed E-state index contributed by atoms with van der Waals surface area (Å²) in [6.45, 7) is 11.9. The van der Waals surface area contributed by atoms with Gasteiger partial charge in [0, 0.05) is 24.5 Å². The maximum atomic E-state index is 4.70. The smallest absolute Gasteiger partial charge is 0.107 e. The summed E-state index contributed by atoms with van der Waals surface area (Å²) in [4.78, 5) is 7.10. The van der Waals surface area contributed by atoms with E-state index in [4.69, 9.17) is 4.98 Å². The molecule has 1 heterocycles. The van der Waals surface area contributed by atoms with Crippen LogP contribution in [0.3, 0.4) is 0 Å². The topological polar surface area (TPSA) is 28.2 Å². The van der Waals surface area contributed by atoms with Crippen LogP contribution in [0.4, 0.5) is 0 Å². The minimum absolute atomic E-state index is 0.634. The van der Waals surface area contributed by atoms with E-state index in [1.165, 1.54) is 23.5 Å². The van der Waals surface area contributed by atoms with E-state index in [0.717, 1.165) is 19.6 Å². The third-order valence-corrected chi connectivity index (χ3v) is 4.20. The zero-order chi connectivity index (χ0) is 14.3. The zero-order valence-electron chi connectivity index (χ0n) is 13.1. The van der Waals surface area contributed by atoms with Gasteiger partial charge in [0.2, 0.25) is 0 Å². The summed E-state index contributed by atoms with van der Waals surface area (Å²) in [6.07, 6.45) is 2.50. The molecule has 0 aliphatic rings. The van der Waals surface area contributed by atoms with Crippen LogP contribution in [-0.2, 0) is 13.1 Å². The molecule has 0 bridgehead atoms. The van der Waals surface area contributed by atoms with Crippen LogP contribution < -0.4 is 5.32 Å². The van der Waals surface area contributed by atoms with Crippen molar-refractivity contribution < 1.29 is 0 Å². The maximum absolute atomic E-state index is 4.70. The third-order valence-electron chi connectivity index (χ3n) is 3.30. The van der Waals surface area contributed by atoms with Gasteiger partial charge in [-0.05, 0) is 32.9 Å². The van der Waals surface area contributed by atoms with Gasteiger partial charge in [-0.25, -0.2) is 4.98 Å². The second kappa shape index (κ2) is 8.67. The van der Waals surface area contributed by atoms with Crippen molar-refractivity contribution in [1.82, 2.24) is 15.2 Å². The Morgan fingerprint density at radius 3 is 2.74 bits per heavy atom. The molecule has 0 saturated heterocycles. The number of rotatable bonds is 9. The lowest BCUT2D eigenvalue weighted by atomic mass is 10.2. The monoisotopic (exact) mass is 283 g/mol. The predicted molar refractivity (Wildman–Crippen MR) is 84.5 cm³/mol. The molecule has 19 heavy (non-hydrogen) atoms. The first kappa shape index (κ1) is 16.6. The highest BCUT2D eigenvalue weighted by Gasteiger charge is 2.10. The lowest BCUT2D eigenvalue weighted by Gasteiger charge is -2.23. The molecule has 0 saturated carbocycles. The molecule has 1 N–H and O–H groups in total. The van der Waals surface area contributed by atoms with Crippen LogP contribution in [0.5, 0.6) is 0 Å². The molecule has 1 unspecified atom stereocenters. The minimum Gasteiger partial charge on any atom is -0.310 e. The Hall–Kier alpha value is -0.450. The molecular weight excluding hydrogens is 254 g/mol. The lowest BCUT2D eigenvalue weighted by molar-refractivity contribution is 0.234. The van der Waals surface area contributed by atoms with Gasteiger partial charge in [-0.15, -0.1) is 11.3 Å². The highest BCUT2D eigenvalue weighted by Crippen LogP contribution is 2.13. The molecule has 4 heteroatoms. The molecule has 0 aromatic carbocycles. The first-order valence-corrected chi connectivity index (χ1v) is 8.25. The predicted octanol–water partition coefficient (Wildman–Crippen LogP) is 3.51. The van der Waals surface area contributed by atoms with Crippen molar-refractivity contribution in [2.75, 3.05) is 13.6 Å². The summed E-state index contributed by atoms with van der Waals surface area (Å²) in [6, 6.07) is 0.634. The number of aromatic nitrogens is 1. The summed E-state index contributed by atoms with van der Waals surface area (Å²) >= 11 is 1.77. The average Bonchev–Trinajstić information content (AvgIpc) is 2.76. The number of nitrogens with one attached hydrogen (secondary N) is 1. The summed E-state index contributed by atoms with van der Waals surface area (Å²) < 4.78 is 0. The Morgan fingerprint density at radius 1 is 1.37 bits per heavy atom. The van der Waals surface area contributed by atoms with Gasteiger partial charge in [-0.1, -0.05) is 27.2 Å². The van der Waals surface area contributed by atoms with E-state index < -0.39 is 0 Å². The quantitative estimate of drug-likeness (QED) is 0.752. The van der Waals surface area contributed by atoms with Gasteiger partial charge in [0.05, 0.1) is 5.69 Å². The number of hydrogen-bond acceptors (Lipinski definition) is 4. The summed E-state index contributed by atoms with van der Waals surface area (Å²) in [5.41, 5.74) is 1.21. The second-order valence-corrected chi connectivity index (χ2v) is 6.75. The lowest BCUT2D eigenvalue weighted by Crippen LogP contribution is -2.28. The van der Waals surface area contributed by atoms with E-state index in [1.54, 1.807) is 11.3 Å². The van der Waals surface area contributed by atoms with Gasteiger partial charge in [-0.2, -0.15) is 0 Å². The van der Waals surface area contributed by atoms with Gasteiger partial charge >= 0.3 is 0 Å². The van der Waals surface area contributed by atoms with E-state index >= 15 is 0 Å². The van der Waals surface area contributed by atoms with Gasteiger partial charge < -0.3 is 5.32 Å². The van der Waals surface area contributed by atoms with Crippen molar-refractivity contribution in [3.63, 3.8) is 0 Å². The molecule has 0 aliphatic carbocycles. The fourth-order valence-electron chi connectivity index (χ4n) is 2.02. The number of nitrogens with zero attached hydrogens (tertiary/aromatic N) is 2. The third kappa shape index (κ3) is 6.50. The molecule has 0 amide bonds. The molecule has 0 fully saturated rings. The van der Waals surface area contributed by atoms with Crippen LogP contribution in [0.2, 0.25) is 0 Å². The Labute approximate surface area is 122 Å². The second-order valence-electron chi connectivity index (χ2n) is 5.81. The molecule has 0 radical (unpaired) electrons. The Bertz CT molecular complexity index is 349. The SMILES string of the molecule is CCCC(C)N(C)Cc1csc(CNCC(C)C)n1. The first-order chi connectivity index (χ1) is 9.02. The molecule has 1 atom stereocenters. The fraction of sp³-hybridized carbons (Fsp3) is 0.800. The Morgan fingerprint density at radius 2 is 2.11 bits per heavy atom. The van der Waals surface area contributed by atoms with Crippen LogP contribution in [0.15, 0.2) is 5.38 Å². The van der Waals surface area contributed by atoms with Gasteiger partial charge in [0.25, 0.3) is 0 Å². The van der Waals surface area contributed by atoms with Crippen molar-refractivity contribution in [3.8, 4) is 0 Å². The number of hydrogen-bond donors (Lipinski definition) is 1. The molecule has 1 aromatic rings. The maximum Gasteiger partial charge on any atom is 0.107 e. The van der Waals surface area contributed by atoms with Crippen LogP contribution in [0, 0.1) is 5.92 Å².